The van der Waals surface area contributed by atoms with Gasteiger partial charge in [0.25, 0.3) is 0 Å². The molecular weight excluding hydrogens is 252 g/mol. The first-order valence-corrected chi connectivity index (χ1v) is 7.23. The van der Waals surface area contributed by atoms with E-state index in [1.165, 1.54) is 22.3 Å². The van der Waals surface area contributed by atoms with Crippen molar-refractivity contribution in [1.82, 2.24) is 0 Å². The molecule has 20 heavy (non-hydrogen) atoms. The van der Waals surface area contributed by atoms with E-state index in [0.717, 1.165) is 18.6 Å². The maximum Gasteiger partial charge on any atom is 0.306 e. The second-order valence-corrected chi connectivity index (χ2v) is 6.15. The quantitative estimate of drug-likeness (QED) is 0.895. The maximum atomic E-state index is 11.0. The number of hydrogen-bond acceptors (Lipinski definition) is 2. The third kappa shape index (κ3) is 2.67. The number of benzene rings is 1. The molecule has 0 saturated heterocycles. The first kappa shape index (κ1) is 14.9. The number of carboxylic acid groups (broad SMARTS) is 1. The van der Waals surface area contributed by atoms with Crippen LogP contribution in [0.1, 0.15) is 35.6 Å². The smallest absolute Gasteiger partial charge is 0.306 e. The van der Waals surface area contributed by atoms with Crippen molar-refractivity contribution in [3.63, 3.8) is 0 Å². The van der Waals surface area contributed by atoms with E-state index in [1.807, 2.05) is 0 Å². The monoisotopic (exact) mass is 276 g/mol. The molecule has 3 heteroatoms. The summed E-state index contributed by atoms with van der Waals surface area (Å²) in [6.07, 6.45) is 1.79. The summed E-state index contributed by atoms with van der Waals surface area (Å²) in [7, 11) is 1.70. The SMILES string of the molecule is COc1cc(C)c(CC(C)C2CC2C(=O)O)c(C)c1C. The molecule has 0 bridgehead atoms. The van der Waals surface area contributed by atoms with Crippen molar-refractivity contribution in [2.24, 2.45) is 17.8 Å². The van der Waals surface area contributed by atoms with Crippen LogP contribution < -0.4 is 4.74 Å². The Labute approximate surface area is 121 Å². The van der Waals surface area contributed by atoms with Crippen LogP contribution in [0.3, 0.4) is 0 Å². The van der Waals surface area contributed by atoms with Crippen molar-refractivity contribution in [2.75, 3.05) is 7.11 Å². The van der Waals surface area contributed by atoms with E-state index >= 15 is 0 Å². The van der Waals surface area contributed by atoms with Crippen molar-refractivity contribution < 1.29 is 14.6 Å². The van der Waals surface area contributed by atoms with Crippen LogP contribution >= 0.6 is 0 Å². The van der Waals surface area contributed by atoms with Crippen LogP contribution in [0, 0.1) is 38.5 Å². The minimum atomic E-state index is -0.638. The number of carboxylic acids is 1. The Morgan fingerprint density at radius 2 is 2.05 bits per heavy atom. The predicted octanol–water partition coefficient (Wildman–Crippen LogP) is 3.52. The zero-order valence-electron chi connectivity index (χ0n) is 13.0. The summed E-state index contributed by atoms with van der Waals surface area (Å²) in [6, 6.07) is 2.09. The van der Waals surface area contributed by atoms with Gasteiger partial charge in [0.1, 0.15) is 5.75 Å². The van der Waals surface area contributed by atoms with Crippen LogP contribution in [0.5, 0.6) is 5.75 Å². The Kier molecular flexibility index (Phi) is 4.07. The average molecular weight is 276 g/mol. The summed E-state index contributed by atoms with van der Waals surface area (Å²) in [4.78, 5) is 11.0. The molecule has 2 rings (SSSR count). The number of rotatable bonds is 5. The van der Waals surface area contributed by atoms with Gasteiger partial charge in [0.05, 0.1) is 13.0 Å². The number of methoxy groups -OCH3 is 1. The minimum Gasteiger partial charge on any atom is -0.496 e. The van der Waals surface area contributed by atoms with Crippen LogP contribution in [0.4, 0.5) is 0 Å². The van der Waals surface area contributed by atoms with Gasteiger partial charge >= 0.3 is 5.97 Å². The van der Waals surface area contributed by atoms with Gasteiger partial charge in [0.2, 0.25) is 0 Å². The van der Waals surface area contributed by atoms with Gasteiger partial charge in [-0.25, -0.2) is 0 Å². The summed E-state index contributed by atoms with van der Waals surface area (Å²) in [5.41, 5.74) is 5.06. The van der Waals surface area contributed by atoms with Crippen molar-refractivity contribution in [3.05, 3.63) is 28.3 Å². The summed E-state index contributed by atoms with van der Waals surface area (Å²) < 4.78 is 5.40. The number of carbonyl (C=O) groups is 1. The molecule has 1 aliphatic rings. The molecule has 0 spiro atoms. The van der Waals surface area contributed by atoms with Gasteiger partial charge in [0.15, 0.2) is 0 Å². The molecule has 1 saturated carbocycles. The number of hydrogen-bond donors (Lipinski definition) is 1. The molecule has 1 aromatic carbocycles. The van der Waals surface area contributed by atoms with Crippen LogP contribution in [-0.4, -0.2) is 18.2 Å². The van der Waals surface area contributed by atoms with Crippen LogP contribution in [0.15, 0.2) is 6.07 Å². The van der Waals surface area contributed by atoms with Gasteiger partial charge < -0.3 is 9.84 Å². The van der Waals surface area contributed by atoms with E-state index in [-0.39, 0.29) is 5.92 Å². The molecule has 3 nitrogen and oxygen atoms in total. The fraction of sp³-hybridized carbons (Fsp3) is 0.588. The third-order valence-electron chi connectivity index (χ3n) is 4.84. The largest absolute Gasteiger partial charge is 0.496 e. The fourth-order valence-electron chi connectivity index (χ4n) is 3.23. The van der Waals surface area contributed by atoms with E-state index in [0.29, 0.717) is 11.8 Å². The Hall–Kier alpha value is -1.51. The summed E-state index contributed by atoms with van der Waals surface area (Å²) in [6.45, 7) is 8.50. The highest BCUT2D eigenvalue weighted by atomic mass is 16.5. The molecule has 110 valence electrons. The maximum absolute atomic E-state index is 11.0. The molecule has 0 amide bonds. The van der Waals surface area contributed by atoms with Gasteiger partial charge in [-0.05, 0) is 73.8 Å². The Morgan fingerprint density at radius 1 is 1.40 bits per heavy atom. The van der Waals surface area contributed by atoms with Crippen molar-refractivity contribution >= 4 is 5.97 Å². The van der Waals surface area contributed by atoms with Crippen LogP contribution in [0.25, 0.3) is 0 Å². The van der Waals surface area contributed by atoms with E-state index in [1.54, 1.807) is 7.11 Å². The van der Waals surface area contributed by atoms with Gasteiger partial charge in [-0.3, -0.25) is 4.79 Å². The van der Waals surface area contributed by atoms with E-state index < -0.39 is 5.97 Å². The normalized spacial score (nSPS) is 22.4. The lowest BCUT2D eigenvalue weighted by molar-refractivity contribution is -0.139. The highest BCUT2D eigenvalue weighted by Crippen LogP contribution is 2.46. The molecule has 1 N–H and O–H groups in total. The van der Waals surface area contributed by atoms with Crippen LogP contribution in [-0.2, 0) is 11.2 Å². The van der Waals surface area contributed by atoms with Gasteiger partial charge in [0, 0.05) is 0 Å². The number of ether oxygens (including phenoxy) is 1. The Balaban J connectivity index is 2.18. The van der Waals surface area contributed by atoms with E-state index in [2.05, 4.69) is 33.8 Å². The predicted molar refractivity (Wildman–Crippen MR) is 79.3 cm³/mol. The molecule has 3 atom stereocenters. The standard InChI is InChI=1S/C17H24O3/c1-9(14-8-15(14)17(18)19)6-13-10(2)7-16(20-5)12(4)11(13)3/h7,9,14-15H,6,8H2,1-5H3,(H,18,19). The summed E-state index contributed by atoms with van der Waals surface area (Å²) in [5, 5.41) is 9.04. The molecule has 1 aromatic rings. The summed E-state index contributed by atoms with van der Waals surface area (Å²) in [5.74, 6) is 0.937. The summed E-state index contributed by atoms with van der Waals surface area (Å²) >= 11 is 0. The second kappa shape index (κ2) is 5.47. The molecule has 0 aromatic heterocycles. The van der Waals surface area contributed by atoms with Gasteiger partial charge in [-0.15, -0.1) is 0 Å². The lowest BCUT2D eigenvalue weighted by atomic mass is 9.88. The highest BCUT2D eigenvalue weighted by Gasteiger charge is 2.46. The highest BCUT2D eigenvalue weighted by molar-refractivity contribution is 5.73. The minimum absolute atomic E-state index is 0.120. The number of aryl methyl sites for hydroxylation is 1. The fourth-order valence-corrected chi connectivity index (χ4v) is 3.23. The molecule has 0 radical (unpaired) electrons. The van der Waals surface area contributed by atoms with Gasteiger partial charge in [-0.2, -0.15) is 0 Å². The molecule has 1 aliphatic carbocycles. The molecular formula is C17H24O3. The average Bonchev–Trinajstić information content (AvgIpc) is 3.19. The van der Waals surface area contributed by atoms with Crippen LogP contribution in [0.2, 0.25) is 0 Å². The third-order valence-corrected chi connectivity index (χ3v) is 4.84. The zero-order valence-corrected chi connectivity index (χ0v) is 13.0. The number of aliphatic carboxylic acids is 1. The van der Waals surface area contributed by atoms with E-state index in [4.69, 9.17) is 9.84 Å². The van der Waals surface area contributed by atoms with Crippen molar-refractivity contribution in [3.8, 4) is 5.75 Å². The molecule has 1 fully saturated rings. The lowest BCUT2D eigenvalue weighted by Gasteiger charge is -2.19. The molecule has 3 unspecified atom stereocenters. The molecule has 0 heterocycles. The lowest BCUT2D eigenvalue weighted by Crippen LogP contribution is -2.10. The Morgan fingerprint density at radius 3 is 2.55 bits per heavy atom. The van der Waals surface area contributed by atoms with Gasteiger partial charge in [-0.1, -0.05) is 6.92 Å². The second-order valence-electron chi connectivity index (χ2n) is 6.15. The van der Waals surface area contributed by atoms with Crippen molar-refractivity contribution in [2.45, 2.75) is 40.5 Å². The van der Waals surface area contributed by atoms with Crippen molar-refractivity contribution in [1.29, 1.82) is 0 Å². The molecule has 0 aliphatic heterocycles. The van der Waals surface area contributed by atoms with E-state index in [9.17, 15) is 4.79 Å². The Bertz CT molecular complexity index is 534. The zero-order chi connectivity index (χ0) is 15.0. The topological polar surface area (TPSA) is 46.5 Å². The first-order chi connectivity index (χ1) is 9.36. The first-order valence-electron chi connectivity index (χ1n) is 7.23.